The Morgan fingerprint density at radius 3 is 2.41 bits per heavy atom. The van der Waals surface area contributed by atoms with Crippen molar-refractivity contribution >= 4 is 22.9 Å². The first-order chi connectivity index (χ1) is 15.2. The molecule has 0 bridgehead atoms. The Labute approximate surface area is 196 Å². The van der Waals surface area contributed by atoms with Crippen molar-refractivity contribution in [2.75, 3.05) is 0 Å². The third-order valence-corrected chi connectivity index (χ3v) is 6.63. The van der Waals surface area contributed by atoms with E-state index >= 15 is 0 Å². The van der Waals surface area contributed by atoms with E-state index in [9.17, 15) is 5.11 Å². The Kier molecular flexibility index (Phi) is 5.91. The van der Waals surface area contributed by atoms with Gasteiger partial charge in [0.05, 0.1) is 28.5 Å². The zero-order chi connectivity index (χ0) is 23.0. The van der Waals surface area contributed by atoms with Crippen LogP contribution < -0.4 is 0 Å². The van der Waals surface area contributed by atoms with E-state index in [-0.39, 0.29) is 0 Å². The molecule has 2 aromatic heterocycles. The van der Waals surface area contributed by atoms with Crippen LogP contribution in [-0.4, -0.2) is 19.9 Å². The molecule has 0 saturated heterocycles. The van der Waals surface area contributed by atoms with Crippen molar-refractivity contribution in [2.24, 2.45) is 0 Å². The average molecular weight is 463 g/mol. The van der Waals surface area contributed by atoms with Crippen molar-refractivity contribution in [3.8, 4) is 27.8 Å². The summed E-state index contributed by atoms with van der Waals surface area (Å²) in [6.45, 7) is 8.15. The van der Waals surface area contributed by atoms with Crippen LogP contribution in [0.15, 0.2) is 47.8 Å². The van der Waals surface area contributed by atoms with Gasteiger partial charge >= 0.3 is 0 Å². The van der Waals surface area contributed by atoms with E-state index in [1.54, 1.807) is 19.9 Å². The number of benzene rings is 2. The maximum atomic E-state index is 10.1. The fraction of sp³-hybridized carbons (Fsp3) is 0.240. The summed E-state index contributed by atoms with van der Waals surface area (Å²) in [5.41, 5.74) is 6.31. The van der Waals surface area contributed by atoms with Crippen LogP contribution in [0.4, 0.5) is 0 Å². The topological polar surface area (TPSA) is 74.7 Å². The largest absolute Gasteiger partial charge is 0.384 e. The van der Waals surface area contributed by atoms with Crippen LogP contribution in [0.5, 0.6) is 0 Å². The standard InChI is InChI=1S/C25H23ClN4OS/c1-15-23(19-9-10-20(12-27)21(26)11-19)16(2)30(29-15)13-17-5-7-18(8-6-17)24-28-22(14-32-24)25(3,4)31/h5-11,14,31H,13H2,1-4H3. The maximum Gasteiger partial charge on any atom is 0.123 e. The molecule has 5 nitrogen and oxygen atoms in total. The highest BCUT2D eigenvalue weighted by molar-refractivity contribution is 7.13. The lowest BCUT2D eigenvalue weighted by Gasteiger charge is -2.13. The summed E-state index contributed by atoms with van der Waals surface area (Å²) in [7, 11) is 0. The van der Waals surface area contributed by atoms with E-state index in [1.165, 1.54) is 11.3 Å². The van der Waals surface area contributed by atoms with Crippen molar-refractivity contribution in [1.29, 1.82) is 5.26 Å². The van der Waals surface area contributed by atoms with Crippen molar-refractivity contribution < 1.29 is 5.11 Å². The zero-order valence-corrected chi connectivity index (χ0v) is 19.9. The molecular formula is C25H23ClN4OS. The van der Waals surface area contributed by atoms with Gasteiger partial charge in [0.15, 0.2) is 0 Å². The van der Waals surface area contributed by atoms with Gasteiger partial charge in [-0.2, -0.15) is 10.4 Å². The normalized spacial score (nSPS) is 11.5. The van der Waals surface area contributed by atoms with Crippen LogP contribution in [0, 0.1) is 25.2 Å². The molecule has 0 atom stereocenters. The highest BCUT2D eigenvalue weighted by Gasteiger charge is 2.20. The number of nitrogens with zero attached hydrogens (tertiary/aromatic N) is 4. The van der Waals surface area contributed by atoms with Crippen LogP contribution >= 0.6 is 22.9 Å². The molecule has 2 aromatic carbocycles. The van der Waals surface area contributed by atoms with Gasteiger partial charge in [-0.05, 0) is 51.0 Å². The van der Waals surface area contributed by atoms with E-state index in [1.807, 2.05) is 36.0 Å². The summed E-state index contributed by atoms with van der Waals surface area (Å²) < 4.78 is 1.99. The molecular weight excluding hydrogens is 440 g/mol. The van der Waals surface area contributed by atoms with E-state index in [0.717, 1.165) is 38.6 Å². The predicted octanol–water partition coefficient (Wildman–Crippen LogP) is 6.09. The summed E-state index contributed by atoms with van der Waals surface area (Å²) in [6, 6.07) is 15.8. The number of hydrogen-bond acceptors (Lipinski definition) is 5. The molecule has 0 radical (unpaired) electrons. The summed E-state index contributed by atoms with van der Waals surface area (Å²) >= 11 is 7.77. The minimum atomic E-state index is -0.943. The molecule has 0 aliphatic carbocycles. The van der Waals surface area contributed by atoms with Gasteiger partial charge in [-0.25, -0.2) is 4.98 Å². The third kappa shape index (κ3) is 4.33. The number of halogens is 1. The van der Waals surface area contributed by atoms with Crippen LogP contribution in [-0.2, 0) is 12.1 Å². The Morgan fingerprint density at radius 1 is 1.12 bits per heavy atom. The Hall–Kier alpha value is -2.98. The van der Waals surface area contributed by atoms with Crippen LogP contribution in [0.2, 0.25) is 5.02 Å². The fourth-order valence-corrected chi connectivity index (χ4v) is 4.85. The van der Waals surface area contributed by atoms with Crippen molar-refractivity contribution in [3.05, 3.63) is 81.1 Å². The number of hydrogen-bond donors (Lipinski definition) is 1. The number of aliphatic hydroxyl groups is 1. The number of aryl methyl sites for hydroxylation is 1. The molecule has 0 spiro atoms. The lowest BCUT2D eigenvalue weighted by atomic mass is 10.0. The third-order valence-electron chi connectivity index (χ3n) is 5.42. The fourth-order valence-electron chi connectivity index (χ4n) is 3.64. The molecule has 7 heteroatoms. The molecule has 32 heavy (non-hydrogen) atoms. The van der Waals surface area contributed by atoms with Gasteiger partial charge < -0.3 is 5.11 Å². The summed E-state index contributed by atoms with van der Waals surface area (Å²) in [6.07, 6.45) is 0. The van der Waals surface area contributed by atoms with Crippen LogP contribution in [0.3, 0.4) is 0 Å². The molecule has 2 heterocycles. The Bertz CT molecular complexity index is 1320. The number of nitriles is 1. The van der Waals surface area contributed by atoms with Gasteiger partial charge in [-0.15, -0.1) is 11.3 Å². The first kappa shape index (κ1) is 22.2. The van der Waals surface area contributed by atoms with Crippen molar-refractivity contribution in [3.63, 3.8) is 0 Å². The van der Waals surface area contributed by atoms with Crippen LogP contribution in [0.1, 0.15) is 42.1 Å². The van der Waals surface area contributed by atoms with Crippen molar-refractivity contribution in [1.82, 2.24) is 14.8 Å². The molecule has 0 amide bonds. The SMILES string of the molecule is Cc1nn(Cc2ccc(-c3nc(C(C)(C)O)cs3)cc2)c(C)c1-c1ccc(C#N)c(Cl)c1. The number of thiazole rings is 1. The van der Waals surface area contributed by atoms with Gasteiger partial charge in [-0.3, -0.25) is 4.68 Å². The molecule has 0 saturated carbocycles. The van der Waals surface area contributed by atoms with E-state index < -0.39 is 5.60 Å². The van der Waals surface area contributed by atoms with Crippen LogP contribution in [0.25, 0.3) is 21.7 Å². The minimum Gasteiger partial charge on any atom is -0.384 e. The van der Waals surface area contributed by atoms with E-state index in [2.05, 4.69) is 35.3 Å². The number of aromatic nitrogens is 3. The molecule has 4 aromatic rings. The Morgan fingerprint density at radius 2 is 1.81 bits per heavy atom. The predicted molar refractivity (Wildman–Crippen MR) is 129 cm³/mol. The second-order valence-corrected chi connectivity index (χ2v) is 9.57. The maximum absolute atomic E-state index is 10.1. The Balaban J connectivity index is 1.58. The smallest absolute Gasteiger partial charge is 0.123 e. The van der Waals surface area contributed by atoms with Gasteiger partial charge in [-0.1, -0.05) is 41.9 Å². The van der Waals surface area contributed by atoms with Crippen molar-refractivity contribution in [2.45, 2.75) is 39.8 Å². The number of rotatable bonds is 5. The first-order valence-electron chi connectivity index (χ1n) is 10.2. The highest BCUT2D eigenvalue weighted by atomic mass is 35.5. The van der Waals surface area contributed by atoms with Gasteiger partial charge in [0.2, 0.25) is 0 Å². The quantitative estimate of drug-likeness (QED) is 0.389. The monoisotopic (exact) mass is 462 g/mol. The molecule has 162 valence electrons. The van der Waals surface area contributed by atoms with Gasteiger partial charge in [0.1, 0.15) is 16.7 Å². The molecule has 0 aliphatic rings. The highest BCUT2D eigenvalue weighted by Crippen LogP contribution is 2.31. The van der Waals surface area contributed by atoms with E-state index in [4.69, 9.17) is 22.0 Å². The summed E-state index contributed by atoms with van der Waals surface area (Å²) in [4.78, 5) is 4.57. The zero-order valence-electron chi connectivity index (χ0n) is 18.3. The molecule has 0 unspecified atom stereocenters. The summed E-state index contributed by atoms with van der Waals surface area (Å²) in [5.74, 6) is 0. The average Bonchev–Trinajstić information content (AvgIpc) is 3.34. The summed E-state index contributed by atoms with van der Waals surface area (Å²) in [5, 5.41) is 27.2. The second-order valence-electron chi connectivity index (χ2n) is 8.30. The van der Waals surface area contributed by atoms with Gasteiger partial charge in [0, 0.05) is 22.2 Å². The lowest BCUT2D eigenvalue weighted by molar-refractivity contribution is 0.0746. The first-order valence-corrected chi connectivity index (χ1v) is 11.4. The minimum absolute atomic E-state index is 0.446. The molecule has 0 aliphatic heterocycles. The molecule has 1 N–H and O–H groups in total. The molecule has 4 rings (SSSR count). The van der Waals surface area contributed by atoms with E-state index in [0.29, 0.717) is 22.8 Å². The van der Waals surface area contributed by atoms with Gasteiger partial charge in [0.25, 0.3) is 0 Å². The second kappa shape index (κ2) is 8.51. The lowest BCUT2D eigenvalue weighted by Crippen LogP contribution is -2.15. The molecule has 0 fully saturated rings.